The molecule has 1 saturated carbocycles. The summed E-state index contributed by atoms with van der Waals surface area (Å²) in [5.41, 5.74) is 1.14. The topological polar surface area (TPSA) is 69.8 Å². The molecule has 1 saturated heterocycles. The van der Waals surface area contributed by atoms with Crippen molar-refractivity contribution >= 4 is 23.4 Å². The largest absolute Gasteiger partial charge is 0.355 e. The minimum Gasteiger partial charge on any atom is -0.355 e. The van der Waals surface area contributed by atoms with Crippen molar-refractivity contribution in [1.29, 1.82) is 0 Å². The van der Waals surface area contributed by atoms with Gasteiger partial charge < -0.3 is 10.6 Å². The molecule has 3 heterocycles. The molecule has 0 amide bonds. The van der Waals surface area contributed by atoms with E-state index in [0.717, 1.165) is 24.0 Å². The molecule has 2 fully saturated rings. The molecule has 1 aliphatic heterocycles. The van der Waals surface area contributed by atoms with Crippen LogP contribution in [-0.2, 0) is 6.54 Å². The zero-order valence-electron chi connectivity index (χ0n) is 16.7. The van der Waals surface area contributed by atoms with Gasteiger partial charge in [0.15, 0.2) is 17.4 Å². The minimum absolute atomic E-state index is 0.276. The number of rotatable bonds is 5. The number of aromatic nitrogens is 3. The van der Waals surface area contributed by atoms with E-state index in [9.17, 15) is 0 Å². The molecule has 0 atom stereocenters. The van der Waals surface area contributed by atoms with Gasteiger partial charge in [0.1, 0.15) is 0 Å². The SMILES string of the molecule is CN=C(NCc1nnc2ccccn12)NCC1(N2CCSCC2)CCCCC1. The molecule has 0 radical (unpaired) electrons. The first-order valence-electron chi connectivity index (χ1n) is 10.4. The number of aliphatic imine (C=N–C) groups is 1. The summed E-state index contributed by atoms with van der Waals surface area (Å²) in [5.74, 6) is 4.24. The number of guanidine groups is 1. The van der Waals surface area contributed by atoms with Crippen LogP contribution in [0.2, 0.25) is 0 Å². The first kappa shape index (κ1) is 19.5. The Kier molecular flexibility index (Phi) is 6.36. The van der Waals surface area contributed by atoms with Gasteiger partial charge in [-0.25, -0.2) is 0 Å². The quantitative estimate of drug-likeness (QED) is 0.591. The van der Waals surface area contributed by atoms with Gasteiger partial charge >= 0.3 is 0 Å². The van der Waals surface area contributed by atoms with E-state index < -0.39 is 0 Å². The molecule has 8 heteroatoms. The fourth-order valence-electron chi connectivity index (χ4n) is 4.50. The fraction of sp³-hybridized carbons (Fsp3) is 0.650. The standard InChI is InChI=1S/C20H31N7S/c1-21-19(22-15-18-25-24-17-7-3-6-10-27(17)18)23-16-20(8-4-2-5-9-20)26-11-13-28-14-12-26/h3,6-7,10H,2,4-5,8-9,11-16H2,1H3,(H2,21,22,23). The van der Waals surface area contributed by atoms with Gasteiger partial charge in [0.25, 0.3) is 0 Å². The van der Waals surface area contributed by atoms with E-state index in [4.69, 9.17) is 0 Å². The number of fused-ring (bicyclic) bond motifs is 1. The number of thioether (sulfide) groups is 1. The molecule has 0 spiro atoms. The third-order valence-corrected chi connectivity index (χ3v) is 7.02. The van der Waals surface area contributed by atoms with Crippen LogP contribution < -0.4 is 10.6 Å². The number of hydrogen-bond donors (Lipinski definition) is 2. The lowest BCUT2D eigenvalue weighted by Crippen LogP contribution is -2.59. The summed E-state index contributed by atoms with van der Waals surface area (Å²) in [4.78, 5) is 7.19. The summed E-state index contributed by atoms with van der Waals surface area (Å²) < 4.78 is 2.01. The van der Waals surface area contributed by atoms with Crippen LogP contribution in [0.25, 0.3) is 5.65 Å². The Morgan fingerprint density at radius 2 is 1.96 bits per heavy atom. The van der Waals surface area contributed by atoms with E-state index in [2.05, 4.69) is 42.5 Å². The molecule has 0 bridgehead atoms. The van der Waals surface area contributed by atoms with E-state index in [-0.39, 0.29) is 5.54 Å². The van der Waals surface area contributed by atoms with E-state index >= 15 is 0 Å². The second-order valence-corrected chi connectivity index (χ2v) is 8.93. The van der Waals surface area contributed by atoms with Gasteiger partial charge in [-0.2, -0.15) is 11.8 Å². The van der Waals surface area contributed by atoms with E-state index in [1.807, 2.05) is 35.8 Å². The lowest BCUT2D eigenvalue weighted by molar-refractivity contribution is 0.0626. The third kappa shape index (κ3) is 4.27. The summed E-state index contributed by atoms with van der Waals surface area (Å²) in [5, 5.41) is 15.6. The van der Waals surface area contributed by atoms with Crippen molar-refractivity contribution in [2.75, 3.05) is 38.2 Å². The first-order valence-corrected chi connectivity index (χ1v) is 11.5. The number of pyridine rings is 1. The van der Waals surface area contributed by atoms with Crippen LogP contribution in [-0.4, -0.2) is 69.2 Å². The predicted octanol–water partition coefficient (Wildman–Crippen LogP) is 2.15. The van der Waals surface area contributed by atoms with Crippen LogP contribution in [0, 0.1) is 0 Å². The fourth-order valence-corrected chi connectivity index (χ4v) is 5.40. The average Bonchev–Trinajstić information content (AvgIpc) is 3.18. The smallest absolute Gasteiger partial charge is 0.191 e. The van der Waals surface area contributed by atoms with Gasteiger partial charge in [-0.05, 0) is 25.0 Å². The van der Waals surface area contributed by atoms with Crippen molar-refractivity contribution in [3.05, 3.63) is 30.2 Å². The normalized spacial score (nSPS) is 21.0. The molecule has 1 aliphatic carbocycles. The summed E-state index contributed by atoms with van der Waals surface area (Å²) in [6, 6.07) is 5.94. The lowest BCUT2D eigenvalue weighted by Gasteiger charge is -2.48. The highest BCUT2D eigenvalue weighted by molar-refractivity contribution is 7.99. The lowest BCUT2D eigenvalue weighted by atomic mass is 9.80. The van der Waals surface area contributed by atoms with Gasteiger partial charge in [-0.3, -0.25) is 14.3 Å². The molecule has 2 aliphatic rings. The second kappa shape index (κ2) is 9.13. The average molecular weight is 402 g/mol. The van der Waals surface area contributed by atoms with Crippen molar-refractivity contribution in [2.45, 2.75) is 44.2 Å². The van der Waals surface area contributed by atoms with Crippen molar-refractivity contribution in [3.63, 3.8) is 0 Å². The Hall–Kier alpha value is -1.80. The maximum absolute atomic E-state index is 4.44. The molecule has 2 aromatic rings. The monoisotopic (exact) mass is 401 g/mol. The zero-order valence-corrected chi connectivity index (χ0v) is 17.5. The summed E-state index contributed by atoms with van der Waals surface area (Å²) in [6.45, 7) is 3.98. The molecule has 2 aromatic heterocycles. The number of nitrogens with zero attached hydrogens (tertiary/aromatic N) is 5. The first-order chi connectivity index (χ1) is 13.8. The number of nitrogens with one attached hydrogen (secondary N) is 2. The highest BCUT2D eigenvalue weighted by atomic mass is 32.2. The van der Waals surface area contributed by atoms with Crippen LogP contribution in [0.15, 0.2) is 29.4 Å². The molecule has 7 nitrogen and oxygen atoms in total. The molecule has 4 rings (SSSR count). The van der Waals surface area contributed by atoms with Crippen LogP contribution in [0.4, 0.5) is 0 Å². The molecule has 2 N–H and O–H groups in total. The van der Waals surface area contributed by atoms with Crippen molar-refractivity contribution < 1.29 is 0 Å². The van der Waals surface area contributed by atoms with Crippen LogP contribution in [0.1, 0.15) is 37.9 Å². The van der Waals surface area contributed by atoms with E-state index in [1.54, 1.807) is 0 Å². The molecule has 152 valence electrons. The zero-order chi connectivity index (χ0) is 19.2. The van der Waals surface area contributed by atoms with Crippen LogP contribution in [0.5, 0.6) is 0 Å². The van der Waals surface area contributed by atoms with Gasteiger partial charge in [0, 0.05) is 49.9 Å². The Labute approximate surface area is 171 Å². The highest BCUT2D eigenvalue weighted by Gasteiger charge is 2.38. The van der Waals surface area contributed by atoms with E-state index in [1.165, 1.54) is 56.7 Å². The Morgan fingerprint density at radius 1 is 1.14 bits per heavy atom. The molecule has 0 aromatic carbocycles. The highest BCUT2D eigenvalue weighted by Crippen LogP contribution is 2.34. The molecular formula is C20H31N7S. The van der Waals surface area contributed by atoms with Crippen molar-refractivity contribution in [1.82, 2.24) is 30.1 Å². The Bertz CT molecular complexity index is 791. The summed E-state index contributed by atoms with van der Waals surface area (Å²) in [6.07, 6.45) is 8.62. The predicted molar refractivity (Wildman–Crippen MR) is 116 cm³/mol. The summed E-state index contributed by atoms with van der Waals surface area (Å²) >= 11 is 2.08. The van der Waals surface area contributed by atoms with Crippen LogP contribution >= 0.6 is 11.8 Å². The maximum atomic E-state index is 4.44. The minimum atomic E-state index is 0.276. The number of hydrogen-bond acceptors (Lipinski definition) is 5. The van der Waals surface area contributed by atoms with Gasteiger partial charge in [0.05, 0.1) is 6.54 Å². The van der Waals surface area contributed by atoms with Gasteiger partial charge in [0.2, 0.25) is 0 Å². The Balaban J connectivity index is 1.38. The van der Waals surface area contributed by atoms with E-state index in [0.29, 0.717) is 6.54 Å². The van der Waals surface area contributed by atoms with Crippen molar-refractivity contribution in [3.8, 4) is 0 Å². The molecular weight excluding hydrogens is 370 g/mol. The van der Waals surface area contributed by atoms with Crippen molar-refractivity contribution in [2.24, 2.45) is 4.99 Å². The Morgan fingerprint density at radius 3 is 2.75 bits per heavy atom. The third-order valence-electron chi connectivity index (χ3n) is 6.07. The second-order valence-electron chi connectivity index (χ2n) is 7.71. The molecule has 28 heavy (non-hydrogen) atoms. The van der Waals surface area contributed by atoms with Crippen LogP contribution in [0.3, 0.4) is 0 Å². The molecule has 0 unspecified atom stereocenters. The summed E-state index contributed by atoms with van der Waals surface area (Å²) in [7, 11) is 1.84. The maximum Gasteiger partial charge on any atom is 0.191 e. The van der Waals surface area contributed by atoms with Gasteiger partial charge in [-0.1, -0.05) is 25.3 Å². The van der Waals surface area contributed by atoms with Gasteiger partial charge in [-0.15, -0.1) is 10.2 Å².